The monoisotopic (exact) mass is 867 g/mol. The van der Waals surface area contributed by atoms with Crippen LogP contribution in [-0.4, -0.2) is 35.2 Å². The van der Waals surface area contributed by atoms with Crippen LogP contribution in [0.4, 0.5) is 0 Å². The minimum absolute atomic E-state index is 0. The summed E-state index contributed by atoms with van der Waals surface area (Å²) in [6.07, 6.45) is 22.9. The van der Waals surface area contributed by atoms with E-state index in [0.717, 1.165) is 61.7 Å². The maximum Gasteiger partial charge on any atom is 2.00 e. The first-order valence-corrected chi connectivity index (χ1v) is 22.9. The number of ether oxygens (including phenoxy) is 3. The van der Waals surface area contributed by atoms with Crippen molar-refractivity contribution in [1.82, 2.24) is 0 Å². The minimum Gasteiger partial charge on any atom is -0.508 e. The van der Waals surface area contributed by atoms with Crippen molar-refractivity contribution < 1.29 is 50.8 Å². The van der Waals surface area contributed by atoms with Gasteiger partial charge in [0.25, 0.3) is 0 Å². The summed E-state index contributed by atoms with van der Waals surface area (Å²) in [6, 6.07) is 6.11. The summed E-state index contributed by atoms with van der Waals surface area (Å²) in [7, 11) is 0. The third-order valence-corrected chi connectivity index (χ3v) is 15.3. The molecule has 7 atom stereocenters. The van der Waals surface area contributed by atoms with E-state index in [4.69, 9.17) is 19.3 Å². The van der Waals surface area contributed by atoms with Gasteiger partial charge in [0.2, 0.25) is 0 Å². The van der Waals surface area contributed by atoms with Crippen molar-refractivity contribution in [3.8, 4) is 11.5 Å². The molecule has 0 spiro atoms. The molecule has 7 unspecified atom stereocenters. The molecule has 1 aromatic carbocycles. The molecule has 0 aliphatic heterocycles. The molecule has 0 radical (unpaired) electrons. The fourth-order valence-electron chi connectivity index (χ4n) is 10.3. The van der Waals surface area contributed by atoms with Crippen LogP contribution < -0.4 is 4.74 Å². The summed E-state index contributed by atoms with van der Waals surface area (Å²) < 4.78 is 16.8. The molecule has 6 aliphatic rings. The zero-order valence-electron chi connectivity index (χ0n) is 39.5. The van der Waals surface area contributed by atoms with Gasteiger partial charge in [0, 0.05) is 5.92 Å². The number of fused-ring (bicyclic) bond motifs is 9. The second-order valence-electron chi connectivity index (χ2n) is 20.2. The van der Waals surface area contributed by atoms with Crippen molar-refractivity contribution in [3.63, 3.8) is 0 Å². The van der Waals surface area contributed by atoms with Gasteiger partial charge in [-0.2, -0.15) is 0 Å². The number of hydrogen-bond donors (Lipinski definition) is 1. The molecule has 8 heteroatoms. The average molecular weight is 867 g/mol. The number of phenols is 1. The van der Waals surface area contributed by atoms with Crippen LogP contribution in [0.1, 0.15) is 185 Å². The molecular formula is C51H86FeO7. The smallest absolute Gasteiger partial charge is 0.508 e. The second-order valence-corrected chi connectivity index (χ2v) is 20.2. The molecular weight excluding hydrogens is 780 g/mol. The number of rotatable bonds is 11. The van der Waals surface area contributed by atoms with E-state index in [2.05, 4.69) is 13.8 Å². The maximum absolute atomic E-state index is 12.7. The van der Waals surface area contributed by atoms with E-state index in [-0.39, 0.29) is 72.0 Å². The Morgan fingerprint density at radius 2 is 1.12 bits per heavy atom. The first kappa shape index (κ1) is 55.0. The van der Waals surface area contributed by atoms with Gasteiger partial charge >= 0.3 is 35.0 Å². The number of aromatic hydroxyl groups is 1. The summed E-state index contributed by atoms with van der Waals surface area (Å²) in [6.45, 7) is 20.6. The fourth-order valence-corrected chi connectivity index (χ4v) is 10.3. The number of carbonyl (C=O) groups is 3. The molecule has 1 aromatic rings. The molecule has 4 bridgehead atoms. The van der Waals surface area contributed by atoms with Crippen molar-refractivity contribution in [2.24, 2.45) is 57.7 Å². The van der Waals surface area contributed by atoms with E-state index < -0.39 is 5.41 Å². The normalized spacial score (nSPS) is 27.4. The molecule has 59 heavy (non-hydrogen) atoms. The van der Waals surface area contributed by atoms with E-state index in [1.165, 1.54) is 95.6 Å². The van der Waals surface area contributed by atoms with Crippen LogP contribution in [-0.2, 0) is 40.9 Å². The molecule has 6 aliphatic carbocycles. The largest absolute Gasteiger partial charge is 2.00 e. The van der Waals surface area contributed by atoms with Gasteiger partial charge in [-0.25, -0.2) is 0 Å². The third kappa shape index (κ3) is 14.0. The Balaban J connectivity index is 0.000000419. The van der Waals surface area contributed by atoms with Gasteiger partial charge < -0.3 is 34.2 Å². The molecule has 7 rings (SSSR count). The number of benzene rings is 1. The van der Waals surface area contributed by atoms with E-state index in [1.807, 2.05) is 55.4 Å². The Morgan fingerprint density at radius 1 is 0.644 bits per heavy atom. The topological polar surface area (TPSA) is 99.1 Å². The van der Waals surface area contributed by atoms with Crippen LogP contribution in [0.3, 0.4) is 0 Å². The van der Waals surface area contributed by atoms with Crippen LogP contribution in [0.5, 0.6) is 11.5 Å². The van der Waals surface area contributed by atoms with Crippen molar-refractivity contribution >= 4 is 17.9 Å². The Morgan fingerprint density at radius 3 is 1.61 bits per heavy atom. The van der Waals surface area contributed by atoms with Crippen molar-refractivity contribution in [3.05, 3.63) is 39.1 Å². The van der Waals surface area contributed by atoms with E-state index >= 15 is 0 Å². The minimum atomic E-state index is -0.474. The average Bonchev–Trinajstić information content (AvgIpc) is 4.05. The number of hydrogen-bond acceptors (Lipinski definition) is 7. The molecule has 7 nitrogen and oxygen atoms in total. The van der Waals surface area contributed by atoms with Crippen LogP contribution >= 0.6 is 0 Å². The second kappa shape index (κ2) is 24.0. The van der Waals surface area contributed by atoms with Gasteiger partial charge in [-0.1, -0.05) is 72.6 Å². The van der Waals surface area contributed by atoms with Crippen molar-refractivity contribution in [2.75, 3.05) is 6.61 Å². The van der Waals surface area contributed by atoms with Gasteiger partial charge in [-0.15, -0.1) is 0 Å². The predicted molar refractivity (Wildman–Crippen MR) is 238 cm³/mol. The summed E-state index contributed by atoms with van der Waals surface area (Å²) >= 11 is 0. The molecule has 6 fully saturated rings. The molecule has 340 valence electrons. The van der Waals surface area contributed by atoms with Gasteiger partial charge in [0.1, 0.15) is 17.1 Å². The van der Waals surface area contributed by atoms with Crippen LogP contribution in [0.2, 0.25) is 0 Å². The van der Waals surface area contributed by atoms with Crippen molar-refractivity contribution in [2.45, 2.75) is 190 Å². The number of esters is 3. The summed E-state index contributed by atoms with van der Waals surface area (Å²) in [4.78, 5) is 36.0. The summed E-state index contributed by atoms with van der Waals surface area (Å²) in [5, 5.41) is 9.06. The number of carbonyl (C=O) groups excluding carboxylic acids is 3. The third-order valence-electron chi connectivity index (χ3n) is 15.3. The van der Waals surface area contributed by atoms with E-state index in [1.54, 1.807) is 12.1 Å². The predicted octanol–water partition coefficient (Wildman–Crippen LogP) is 13.6. The van der Waals surface area contributed by atoms with Gasteiger partial charge in [0.05, 0.1) is 22.9 Å². The van der Waals surface area contributed by atoms with Crippen molar-refractivity contribution in [1.29, 1.82) is 0 Å². The van der Waals surface area contributed by atoms with Crippen LogP contribution in [0, 0.1) is 72.5 Å². The summed E-state index contributed by atoms with van der Waals surface area (Å²) in [5.41, 5.74) is -1.24. The Kier molecular flexibility index (Phi) is 22.3. The van der Waals surface area contributed by atoms with Crippen LogP contribution in [0.25, 0.3) is 0 Å². The SMILES string of the molecule is C1CCCC1.CCC(C)(C)C(=O)OC1(CC)CC2CC1C1C3CCC(C3)C21.CCC(C)(C)C(=O)OCC1CCCC1.CCC(C)(C)C(=O)Oc1ccc(O)cc1.[CH3-].[CH3-].[Fe+2]. The Bertz CT molecular complexity index is 1400. The molecule has 0 amide bonds. The fraction of sp³-hybridized carbons (Fsp3) is 0.784. The first-order valence-electron chi connectivity index (χ1n) is 22.9. The molecule has 0 saturated heterocycles. The maximum atomic E-state index is 12.7. The molecule has 0 aromatic heterocycles. The number of phenolic OH excluding ortho intramolecular Hbond substituents is 1. The van der Waals surface area contributed by atoms with E-state index in [9.17, 15) is 14.4 Å². The Hall–Kier alpha value is -2.05. The van der Waals surface area contributed by atoms with E-state index in [0.29, 0.717) is 24.2 Å². The Labute approximate surface area is 372 Å². The standard InChI is InChI=1S/C20H32O2.C12H16O3.C12H22O2.C5H10.2CH3.Fe/c1-5-19(3,4)18(21)22-20(6-2)11-14-10-15(20)17-13-8-7-12(9-13)16(14)17;1-4-12(2,3)11(14)15-10-7-5-9(13)6-8-10;1-4-12(2,3)11(13)14-9-10-7-5-6-8-10;1-2-4-5-3-1;;;/h12-17H,5-11H2,1-4H3;5-8,13H,4H2,1-3H3;10H,4-9H2,1-3H3;1-5H2;2*1H3;/q;;;;2*-1;+2. The zero-order chi connectivity index (χ0) is 41.3. The first-order chi connectivity index (χ1) is 26.4. The quantitative estimate of drug-likeness (QED) is 0.0777. The molecule has 1 N–H and O–H groups in total. The molecule has 6 saturated carbocycles. The van der Waals surface area contributed by atoms with Gasteiger partial charge in [-0.3, -0.25) is 14.4 Å². The van der Waals surface area contributed by atoms with Gasteiger partial charge in [-0.05, 0) is 172 Å². The van der Waals surface area contributed by atoms with Crippen LogP contribution in [0.15, 0.2) is 24.3 Å². The molecule has 0 heterocycles. The zero-order valence-corrected chi connectivity index (χ0v) is 40.6. The van der Waals surface area contributed by atoms with Gasteiger partial charge in [0.15, 0.2) is 0 Å². The summed E-state index contributed by atoms with van der Waals surface area (Å²) in [5.74, 6) is 6.36.